The van der Waals surface area contributed by atoms with Gasteiger partial charge in [0, 0.05) is 5.38 Å². The van der Waals surface area contributed by atoms with E-state index in [1.54, 1.807) is 0 Å². The van der Waals surface area contributed by atoms with Crippen LogP contribution in [0.2, 0.25) is 0 Å². The number of esters is 1. The third kappa shape index (κ3) is 8.38. The van der Waals surface area contributed by atoms with Crippen LogP contribution in [-0.2, 0) is 9.53 Å². The van der Waals surface area contributed by atoms with Crippen LogP contribution in [0.3, 0.4) is 0 Å². The van der Waals surface area contributed by atoms with E-state index in [-0.39, 0.29) is 17.2 Å². The highest BCUT2D eigenvalue weighted by molar-refractivity contribution is 6.26. The molecule has 0 aliphatic heterocycles. The molecule has 4 heteroatoms. The zero-order chi connectivity index (χ0) is 10.1. The van der Waals surface area contributed by atoms with Crippen molar-refractivity contribution in [3.8, 4) is 0 Å². The molecule has 0 bridgehead atoms. The van der Waals surface area contributed by atoms with Crippen LogP contribution < -0.4 is 0 Å². The lowest BCUT2D eigenvalue weighted by atomic mass is 10.1. The average Bonchev–Trinajstić information content (AvgIpc) is 2.12. The van der Waals surface area contributed by atoms with Gasteiger partial charge in [-0.15, -0.1) is 23.2 Å². The molecule has 0 N–H and O–H groups in total. The standard InChI is InChI=1S/C9H16Cl2O2/c1-2-4-8(11)5-3-6-13-9(12)7-10/h8H,2-7H2,1H3. The van der Waals surface area contributed by atoms with Gasteiger partial charge in [0.05, 0.1) is 6.61 Å². The molecule has 78 valence electrons. The molecule has 0 aliphatic carbocycles. The molecule has 1 unspecified atom stereocenters. The molecule has 0 heterocycles. The molecule has 0 rings (SSSR count). The van der Waals surface area contributed by atoms with E-state index in [1.807, 2.05) is 0 Å². The molecule has 13 heavy (non-hydrogen) atoms. The van der Waals surface area contributed by atoms with Crippen LogP contribution in [0.15, 0.2) is 0 Å². The highest BCUT2D eigenvalue weighted by atomic mass is 35.5. The molecule has 0 saturated heterocycles. The van der Waals surface area contributed by atoms with Gasteiger partial charge < -0.3 is 4.74 Å². The number of halogens is 2. The van der Waals surface area contributed by atoms with Crippen molar-refractivity contribution < 1.29 is 9.53 Å². The Labute approximate surface area is 89.5 Å². The first-order chi connectivity index (χ1) is 6.20. The van der Waals surface area contributed by atoms with Crippen LogP contribution in [0.25, 0.3) is 0 Å². The topological polar surface area (TPSA) is 26.3 Å². The fourth-order valence-corrected chi connectivity index (χ4v) is 1.44. The first-order valence-electron chi connectivity index (χ1n) is 4.56. The van der Waals surface area contributed by atoms with E-state index >= 15 is 0 Å². The fraction of sp³-hybridized carbons (Fsp3) is 0.889. The molecular formula is C9H16Cl2O2. The molecular weight excluding hydrogens is 211 g/mol. The molecule has 2 nitrogen and oxygen atoms in total. The molecule has 0 saturated carbocycles. The second kappa shape index (κ2) is 8.64. The van der Waals surface area contributed by atoms with Crippen molar-refractivity contribution in [1.29, 1.82) is 0 Å². The van der Waals surface area contributed by atoms with E-state index < -0.39 is 0 Å². The molecule has 0 aliphatic rings. The summed E-state index contributed by atoms with van der Waals surface area (Å²) in [4.78, 5) is 10.6. The third-order valence-electron chi connectivity index (χ3n) is 1.64. The summed E-state index contributed by atoms with van der Waals surface area (Å²) in [7, 11) is 0. The van der Waals surface area contributed by atoms with Crippen molar-refractivity contribution in [1.82, 2.24) is 0 Å². The van der Waals surface area contributed by atoms with E-state index in [4.69, 9.17) is 27.9 Å². The quantitative estimate of drug-likeness (QED) is 0.379. The van der Waals surface area contributed by atoms with Crippen LogP contribution >= 0.6 is 23.2 Å². The Balaban J connectivity index is 3.20. The lowest BCUT2D eigenvalue weighted by Gasteiger charge is -2.07. The van der Waals surface area contributed by atoms with Crippen LogP contribution in [0.1, 0.15) is 32.6 Å². The molecule has 0 aromatic heterocycles. The summed E-state index contributed by atoms with van der Waals surface area (Å²) in [5.74, 6) is -0.428. The number of ether oxygens (including phenoxy) is 1. The van der Waals surface area contributed by atoms with E-state index in [0.29, 0.717) is 6.61 Å². The predicted molar refractivity (Wildman–Crippen MR) is 55.5 cm³/mol. The zero-order valence-corrected chi connectivity index (χ0v) is 9.40. The normalized spacial score (nSPS) is 12.5. The predicted octanol–water partition coefficient (Wildman–Crippen LogP) is 2.96. The Kier molecular flexibility index (Phi) is 8.67. The van der Waals surface area contributed by atoms with Crippen molar-refractivity contribution >= 4 is 29.2 Å². The number of hydrogen-bond donors (Lipinski definition) is 0. The summed E-state index contributed by atoms with van der Waals surface area (Å²) in [6.45, 7) is 2.53. The first kappa shape index (κ1) is 13.1. The average molecular weight is 227 g/mol. The minimum absolute atomic E-state index is 0.0702. The smallest absolute Gasteiger partial charge is 0.320 e. The van der Waals surface area contributed by atoms with Gasteiger partial charge in [0.2, 0.25) is 0 Å². The van der Waals surface area contributed by atoms with Crippen molar-refractivity contribution in [2.45, 2.75) is 38.0 Å². The molecule has 0 radical (unpaired) electrons. The van der Waals surface area contributed by atoms with Gasteiger partial charge in [-0.25, -0.2) is 0 Å². The largest absolute Gasteiger partial charge is 0.465 e. The maximum absolute atomic E-state index is 10.6. The zero-order valence-electron chi connectivity index (χ0n) is 7.89. The highest BCUT2D eigenvalue weighted by Crippen LogP contribution is 2.11. The summed E-state index contributed by atoms with van der Waals surface area (Å²) in [6.07, 6.45) is 3.82. The van der Waals surface area contributed by atoms with Gasteiger partial charge in [-0.05, 0) is 19.3 Å². The molecule has 0 spiro atoms. The summed E-state index contributed by atoms with van der Waals surface area (Å²) >= 11 is 11.2. The number of rotatable bonds is 7. The van der Waals surface area contributed by atoms with E-state index in [1.165, 1.54) is 0 Å². The van der Waals surface area contributed by atoms with Gasteiger partial charge in [-0.1, -0.05) is 13.3 Å². The Morgan fingerprint density at radius 3 is 2.69 bits per heavy atom. The summed E-state index contributed by atoms with van der Waals surface area (Å²) in [6, 6.07) is 0. The van der Waals surface area contributed by atoms with E-state index in [2.05, 4.69) is 6.92 Å². The van der Waals surface area contributed by atoms with Crippen LogP contribution in [0.5, 0.6) is 0 Å². The number of hydrogen-bond acceptors (Lipinski definition) is 2. The van der Waals surface area contributed by atoms with Crippen molar-refractivity contribution in [2.24, 2.45) is 0 Å². The second-order valence-corrected chi connectivity index (χ2v) is 3.77. The summed E-state index contributed by atoms with van der Waals surface area (Å²) < 4.78 is 4.79. The Morgan fingerprint density at radius 1 is 1.46 bits per heavy atom. The lowest BCUT2D eigenvalue weighted by Crippen LogP contribution is -2.08. The van der Waals surface area contributed by atoms with E-state index in [0.717, 1.165) is 25.7 Å². The van der Waals surface area contributed by atoms with Gasteiger partial charge in [0.1, 0.15) is 5.88 Å². The maximum atomic E-state index is 10.6. The summed E-state index contributed by atoms with van der Waals surface area (Å²) in [5.41, 5.74) is 0. The van der Waals surface area contributed by atoms with Crippen molar-refractivity contribution in [2.75, 3.05) is 12.5 Å². The maximum Gasteiger partial charge on any atom is 0.320 e. The molecule has 0 aromatic rings. The Hall–Kier alpha value is 0.0500. The molecule has 0 aromatic carbocycles. The molecule has 0 fully saturated rings. The lowest BCUT2D eigenvalue weighted by molar-refractivity contribution is -0.140. The van der Waals surface area contributed by atoms with Gasteiger partial charge in [-0.3, -0.25) is 4.79 Å². The fourth-order valence-electron chi connectivity index (χ4n) is 0.987. The molecule has 0 amide bonds. The third-order valence-corrected chi connectivity index (χ3v) is 2.29. The van der Waals surface area contributed by atoms with Crippen LogP contribution in [0, 0.1) is 0 Å². The monoisotopic (exact) mass is 226 g/mol. The molecule has 1 atom stereocenters. The number of alkyl halides is 2. The first-order valence-corrected chi connectivity index (χ1v) is 5.53. The number of carbonyl (C=O) groups excluding carboxylic acids is 1. The Bertz CT molecular complexity index is 140. The van der Waals surface area contributed by atoms with Gasteiger partial charge in [-0.2, -0.15) is 0 Å². The van der Waals surface area contributed by atoms with Crippen molar-refractivity contribution in [3.05, 3.63) is 0 Å². The van der Waals surface area contributed by atoms with Crippen molar-refractivity contribution in [3.63, 3.8) is 0 Å². The van der Waals surface area contributed by atoms with Gasteiger partial charge in [0.25, 0.3) is 0 Å². The van der Waals surface area contributed by atoms with Crippen LogP contribution in [0.4, 0.5) is 0 Å². The van der Waals surface area contributed by atoms with E-state index in [9.17, 15) is 4.79 Å². The summed E-state index contributed by atoms with van der Waals surface area (Å²) in [5, 5.41) is 0.208. The van der Waals surface area contributed by atoms with Gasteiger partial charge in [0.15, 0.2) is 0 Å². The van der Waals surface area contributed by atoms with Gasteiger partial charge >= 0.3 is 5.97 Å². The number of carbonyl (C=O) groups is 1. The Morgan fingerprint density at radius 2 is 2.15 bits per heavy atom. The second-order valence-electron chi connectivity index (χ2n) is 2.88. The minimum Gasteiger partial charge on any atom is -0.465 e. The SMILES string of the molecule is CCCC(Cl)CCCOC(=O)CCl. The van der Waals surface area contributed by atoms with Crippen LogP contribution in [-0.4, -0.2) is 23.8 Å². The minimum atomic E-state index is -0.358. The highest BCUT2D eigenvalue weighted by Gasteiger charge is 2.04.